The van der Waals surface area contributed by atoms with Crippen molar-refractivity contribution < 1.29 is 0 Å². The first-order valence-electron chi connectivity index (χ1n) is 4.02. The number of anilines is 1. The van der Waals surface area contributed by atoms with Gasteiger partial charge >= 0.3 is 0 Å². The molecule has 0 aromatic heterocycles. The van der Waals surface area contributed by atoms with Gasteiger partial charge in [-0.05, 0) is 11.6 Å². The van der Waals surface area contributed by atoms with Crippen LogP contribution >= 0.6 is 0 Å². The van der Waals surface area contributed by atoms with Gasteiger partial charge in [-0.2, -0.15) is 0 Å². The molecule has 3 radical (unpaired) electrons. The molecular weight excluding hydrogens is 162 g/mol. The zero-order valence-electron chi connectivity index (χ0n) is 6.80. The van der Waals surface area contributed by atoms with E-state index in [1.165, 1.54) is 11.3 Å². The molecular formula is C10H10NSi. The van der Waals surface area contributed by atoms with Crippen LogP contribution in [0.4, 0.5) is 5.69 Å². The SMILES string of the molecule is C=C([Si])C1CNc2ccccc21. The van der Waals surface area contributed by atoms with Gasteiger partial charge in [0.05, 0.1) is 10.2 Å². The Hall–Kier alpha value is -1.02. The number of benzene rings is 1. The molecule has 0 spiro atoms. The number of hydrogen-bond acceptors (Lipinski definition) is 1. The molecule has 1 unspecified atom stereocenters. The minimum absolute atomic E-state index is 0.429. The average molecular weight is 172 g/mol. The Bertz CT molecular complexity index is 319. The maximum atomic E-state index is 3.91. The fourth-order valence-electron chi connectivity index (χ4n) is 1.59. The molecule has 2 rings (SSSR count). The molecule has 1 N–H and O–H groups in total. The number of fused-ring (bicyclic) bond motifs is 1. The molecule has 0 saturated heterocycles. The number of nitrogens with one attached hydrogen (secondary N) is 1. The lowest BCUT2D eigenvalue weighted by molar-refractivity contribution is 0.933. The van der Waals surface area contributed by atoms with E-state index in [0.29, 0.717) is 5.92 Å². The van der Waals surface area contributed by atoms with Crippen LogP contribution in [0.25, 0.3) is 0 Å². The zero-order valence-corrected chi connectivity index (χ0v) is 7.80. The second-order valence-electron chi connectivity index (χ2n) is 3.05. The van der Waals surface area contributed by atoms with E-state index in [-0.39, 0.29) is 0 Å². The molecule has 12 heavy (non-hydrogen) atoms. The molecule has 1 aromatic rings. The van der Waals surface area contributed by atoms with Gasteiger partial charge in [-0.15, -0.1) is 6.58 Å². The van der Waals surface area contributed by atoms with E-state index in [9.17, 15) is 0 Å². The maximum Gasteiger partial charge on any atom is 0.0651 e. The first kappa shape index (κ1) is 7.62. The van der Waals surface area contributed by atoms with Crippen molar-refractivity contribution in [1.29, 1.82) is 0 Å². The van der Waals surface area contributed by atoms with Gasteiger partial charge in [-0.1, -0.05) is 23.4 Å². The summed E-state index contributed by atoms with van der Waals surface area (Å²) in [6.07, 6.45) is 0. The Morgan fingerprint density at radius 1 is 1.50 bits per heavy atom. The van der Waals surface area contributed by atoms with Crippen molar-refractivity contribution >= 4 is 15.9 Å². The van der Waals surface area contributed by atoms with Crippen LogP contribution in [0.1, 0.15) is 11.5 Å². The van der Waals surface area contributed by atoms with Crippen molar-refractivity contribution in [3.05, 3.63) is 41.6 Å². The van der Waals surface area contributed by atoms with Crippen LogP contribution in [0.2, 0.25) is 0 Å². The molecule has 1 atom stereocenters. The quantitative estimate of drug-likeness (QED) is 0.638. The highest BCUT2D eigenvalue weighted by molar-refractivity contribution is 6.22. The predicted molar refractivity (Wildman–Crippen MR) is 52.6 cm³/mol. The van der Waals surface area contributed by atoms with Crippen molar-refractivity contribution in [2.75, 3.05) is 11.9 Å². The van der Waals surface area contributed by atoms with Gasteiger partial charge < -0.3 is 5.32 Å². The Morgan fingerprint density at radius 3 is 3.00 bits per heavy atom. The Morgan fingerprint density at radius 2 is 2.25 bits per heavy atom. The predicted octanol–water partition coefficient (Wildman–Crippen LogP) is 1.88. The summed E-state index contributed by atoms with van der Waals surface area (Å²) >= 11 is 0. The normalized spacial score (nSPS) is 19.9. The third kappa shape index (κ3) is 1.08. The molecule has 2 heteroatoms. The van der Waals surface area contributed by atoms with Crippen LogP contribution < -0.4 is 5.32 Å². The summed E-state index contributed by atoms with van der Waals surface area (Å²) in [6.45, 7) is 4.87. The van der Waals surface area contributed by atoms with Crippen LogP contribution in [0.15, 0.2) is 36.0 Å². The van der Waals surface area contributed by atoms with Gasteiger partial charge in [-0.25, -0.2) is 0 Å². The lowest BCUT2D eigenvalue weighted by Gasteiger charge is -2.08. The number of hydrogen-bond donors (Lipinski definition) is 1. The first-order valence-corrected chi connectivity index (χ1v) is 4.52. The van der Waals surface area contributed by atoms with E-state index in [0.717, 1.165) is 11.7 Å². The summed E-state index contributed by atoms with van der Waals surface area (Å²) in [4.78, 5) is 0. The molecule has 1 nitrogen and oxygen atoms in total. The molecule has 59 valence electrons. The summed E-state index contributed by atoms with van der Waals surface area (Å²) in [5.74, 6) is 0.429. The summed E-state index contributed by atoms with van der Waals surface area (Å²) in [5, 5.41) is 4.39. The largest absolute Gasteiger partial charge is 0.384 e. The first-order chi connectivity index (χ1) is 5.79. The van der Waals surface area contributed by atoms with Crippen molar-refractivity contribution in [1.82, 2.24) is 0 Å². The summed E-state index contributed by atoms with van der Waals surface area (Å²) in [6, 6.07) is 8.36. The minimum atomic E-state index is 0.429. The fraction of sp³-hybridized carbons (Fsp3) is 0.200. The highest BCUT2D eigenvalue weighted by atomic mass is 28.1. The van der Waals surface area contributed by atoms with Crippen LogP contribution in [0.5, 0.6) is 0 Å². The van der Waals surface area contributed by atoms with E-state index in [4.69, 9.17) is 0 Å². The third-order valence-electron chi connectivity index (χ3n) is 2.25. The maximum absolute atomic E-state index is 3.91. The zero-order chi connectivity index (χ0) is 8.55. The fourth-order valence-corrected chi connectivity index (χ4v) is 1.85. The average Bonchev–Trinajstić information content (AvgIpc) is 2.47. The smallest absolute Gasteiger partial charge is 0.0651 e. The Labute approximate surface area is 75.9 Å². The lowest BCUT2D eigenvalue weighted by atomic mass is 10.0. The van der Waals surface area contributed by atoms with Crippen LogP contribution in [0, 0.1) is 0 Å². The highest BCUT2D eigenvalue weighted by Gasteiger charge is 2.21. The van der Waals surface area contributed by atoms with Crippen molar-refractivity contribution in [3.8, 4) is 0 Å². The molecule has 1 aromatic carbocycles. The Kier molecular flexibility index (Phi) is 1.77. The second kappa shape index (κ2) is 2.79. The highest BCUT2D eigenvalue weighted by Crippen LogP contribution is 2.33. The van der Waals surface area contributed by atoms with Gasteiger partial charge in [0.25, 0.3) is 0 Å². The molecule has 0 aliphatic carbocycles. The van der Waals surface area contributed by atoms with Crippen LogP contribution in [-0.4, -0.2) is 16.8 Å². The third-order valence-corrected chi connectivity index (χ3v) is 2.60. The topological polar surface area (TPSA) is 12.0 Å². The van der Waals surface area contributed by atoms with Crippen molar-refractivity contribution in [3.63, 3.8) is 0 Å². The van der Waals surface area contributed by atoms with Gasteiger partial charge in [0.15, 0.2) is 0 Å². The van der Waals surface area contributed by atoms with Crippen molar-refractivity contribution in [2.45, 2.75) is 5.92 Å². The van der Waals surface area contributed by atoms with E-state index in [1.807, 2.05) is 6.07 Å². The summed E-state index contributed by atoms with van der Waals surface area (Å²) in [5.41, 5.74) is 2.58. The van der Waals surface area contributed by atoms with E-state index in [1.54, 1.807) is 0 Å². The van der Waals surface area contributed by atoms with E-state index < -0.39 is 0 Å². The number of rotatable bonds is 1. The molecule has 0 fully saturated rings. The van der Waals surface area contributed by atoms with Gasteiger partial charge in [0.1, 0.15) is 0 Å². The monoisotopic (exact) mass is 172 g/mol. The minimum Gasteiger partial charge on any atom is -0.384 e. The van der Waals surface area contributed by atoms with Gasteiger partial charge in [-0.3, -0.25) is 0 Å². The Balaban J connectivity index is 2.42. The second-order valence-corrected chi connectivity index (χ2v) is 3.69. The standard InChI is InChI=1S/C10H10NSi/c1-7(12)9-6-11-10-5-3-2-4-8(9)10/h2-5,9,11H,1,6H2. The molecule has 0 amide bonds. The van der Waals surface area contributed by atoms with E-state index >= 15 is 0 Å². The summed E-state index contributed by atoms with van der Waals surface area (Å²) < 4.78 is 0. The lowest BCUT2D eigenvalue weighted by Crippen LogP contribution is -2.03. The van der Waals surface area contributed by atoms with Crippen molar-refractivity contribution in [2.24, 2.45) is 0 Å². The van der Waals surface area contributed by atoms with Gasteiger partial charge in [0, 0.05) is 18.2 Å². The molecule has 1 aliphatic rings. The van der Waals surface area contributed by atoms with Crippen LogP contribution in [0.3, 0.4) is 0 Å². The molecule has 0 saturated carbocycles. The van der Waals surface area contributed by atoms with Gasteiger partial charge in [0.2, 0.25) is 0 Å². The van der Waals surface area contributed by atoms with E-state index in [2.05, 4.69) is 40.3 Å². The molecule has 0 bridgehead atoms. The number of para-hydroxylation sites is 1. The van der Waals surface area contributed by atoms with Crippen LogP contribution in [-0.2, 0) is 0 Å². The molecule has 1 heterocycles. The molecule has 1 aliphatic heterocycles. The summed E-state index contributed by atoms with van der Waals surface area (Å²) in [7, 11) is 3.49.